The number of benzene rings is 1. The Morgan fingerprint density at radius 1 is 1.30 bits per heavy atom. The largest absolute Gasteiger partial charge is 0.481 e. The van der Waals surface area contributed by atoms with Gasteiger partial charge >= 0.3 is 0 Å². The smallest absolute Gasteiger partial charge is 0.216 e. The fourth-order valence-electron chi connectivity index (χ4n) is 2.63. The zero-order chi connectivity index (χ0) is 16.8. The van der Waals surface area contributed by atoms with Gasteiger partial charge in [-0.05, 0) is 30.7 Å². The highest BCUT2D eigenvalue weighted by molar-refractivity contribution is 5.55. The van der Waals surface area contributed by atoms with Gasteiger partial charge in [0, 0.05) is 38.6 Å². The number of hydrogen-bond acceptors (Lipinski definition) is 5. The molecule has 23 heavy (non-hydrogen) atoms. The van der Waals surface area contributed by atoms with E-state index in [1.807, 2.05) is 43.3 Å². The van der Waals surface area contributed by atoms with Gasteiger partial charge in [0.1, 0.15) is 0 Å². The van der Waals surface area contributed by atoms with Crippen LogP contribution in [0.4, 0.5) is 11.4 Å². The second-order valence-electron chi connectivity index (χ2n) is 5.46. The Morgan fingerprint density at radius 2 is 2.00 bits per heavy atom. The molecule has 6 heteroatoms. The Labute approximate surface area is 137 Å². The molecule has 0 aliphatic heterocycles. The molecule has 0 radical (unpaired) electrons. The molecule has 2 rings (SSSR count). The number of anilines is 2. The monoisotopic (exact) mass is 318 g/mol. The van der Waals surface area contributed by atoms with Crippen molar-refractivity contribution in [1.29, 1.82) is 0 Å². The lowest BCUT2D eigenvalue weighted by molar-refractivity contribution is 0.304. The summed E-state index contributed by atoms with van der Waals surface area (Å²) in [6, 6.07) is 8.16. The molecule has 1 aromatic carbocycles. The van der Waals surface area contributed by atoms with E-state index in [1.165, 1.54) is 0 Å². The third-order valence-electron chi connectivity index (χ3n) is 3.91. The van der Waals surface area contributed by atoms with Crippen molar-refractivity contribution < 1.29 is 9.84 Å². The lowest BCUT2D eigenvalue weighted by atomic mass is 10.2. The maximum atomic E-state index is 8.99. The third kappa shape index (κ3) is 3.96. The summed E-state index contributed by atoms with van der Waals surface area (Å²) in [5.41, 5.74) is 4.27. The molecule has 0 saturated carbocycles. The first-order chi connectivity index (χ1) is 11.1. The summed E-state index contributed by atoms with van der Waals surface area (Å²) in [5, 5.41) is 16.9. The van der Waals surface area contributed by atoms with Crippen molar-refractivity contribution in [2.24, 2.45) is 7.05 Å². The molecule has 2 aromatic rings. The normalized spacial score (nSPS) is 10.7. The van der Waals surface area contributed by atoms with Crippen LogP contribution in [0.2, 0.25) is 0 Å². The van der Waals surface area contributed by atoms with E-state index in [0.29, 0.717) is 13.1 Å². The van der Waals surface area contributed by atoms with E-state index in [-0.39, 0.29) is 6.61 Å². The number of nitrogens with zero attached hydrogens (tertiary/aromatic N) is 3. The average Bonchev–Trinajstić information content (AvgIpc) is 2.88. The Kier molecular flexibility index (Phi) is 5.87. The van der Waals surface area contributed by atoms with Crippen LogP contribution in [0.3, 0.4) is 0 Å². The molecule has 0 bridgehead atoms. The van der Waals surface area contributed by atoms with E-state index in [2.05, 4.69) is 17.3 Å². The SMILES string of the molecule is CCc1nn(C)c(OC)c1CNc1ccc(N(C)CCO)cc1. The molecule has 0 spiro atoms. The van der Waals surface area contributed by atoms with Gasteiger partial charge in [-0.25, -0.2) is 4.68 Å². The first-order valence-electron chi connectivity index (χ1n) is 7.85. The van der Waals surface area contributed by atoms with Crippen LogP contribution in [0.25, 0.3) is 0 Å². The summed E-state index contributed by atoms with van der Waals surface area (Å²) in [5.74, 6) is 0.800. The van der Waals surface area contributed by atoms with Crippen molar-refractivity contribution in [2.75, 3.05) is 37.5 Å². The van der Waals surface area contributed by atoms with E-state index >= 15 is 0 Å². The zero-order valence-electron chi connectivity index (χ0n) is 14.3. The Balaban J connectivity index is 2.06. The predicted octanol–water partition coefficient (Wildman–Crippen LogP) is 2.03. The lowest BCUT2D eigenvalue weighted by Gasteiger charge is -2.18. The van der Waals surface area contributed by atoms with Crippen LogP contribution in [-0.2, 0) is 20.0 Å². The summed E-state index contributed by atoms with van der Waals surface area (Å²) < 4.78 is 7.24. The van der Waals surface area contributed by atoms with Crippen molar-refractivity contribution in [3.63, 3.8) is 0 Å². The number of aliphatic hydroxyl groups excluding tert-OH is 1. The van der Waals surface area contributed by atoms with Gasteiger partial charge in [0.25, 0.3) is 0 Å². The van der Waals surface area contributed by atoms with Crippen LogP contribution in [0.5, 0.6) is 5.88 Å². The number of aryl methyl sites for hydroxylation is 2. The predicted molar refractivity (Wildman–Crippen MR) is 93.3 cm³/mol. The number of rotatable bonds is 8. The van der Waals surface area contributed by atoms with Gasteiger partial charge in [0.05, 0.1) is 25.0 Å². The number of aliphatic hydroxyl groups is 1. The Morgan fingerprint density at radius 3 is 2.57 bits per heavy atom. The van der Waals surface area contributed by atoms with Gasteiger partial charge in [-0.15, -0.1) is 0 Å². The standard InChI is InChI=1S/C17H26N4O2/c1-5-16-15(17(23-4)21(3)19-16)12-18-13-6-8-14(9-7-13)20(2)10-11-22/h6-9,18,22H,5,10-12H2,1-4H3. The minimum Gasteiger partial charge on any atom is -0.481 e. The van der Waals surface area contributed by atoms with E-state index in [4.69, 9.17) is 9.84 Å². The second-order valence-corrected chi connectivity index (χ2v) is 5.46. The van der Waals surface area contributed by atoms with Gasteiger partial charge in [0.15, 0.2) is 0 Å². The molecule has 0 aliphatic rings. The average molecular weight is 318 g/mol. The number of likely N-dealkylation sites (N-methyl/N-ethyl adjacent to an activating group) is 1. The quantitative estimate of drug-likeness (QED) is 0.780. The topological polar surface area (TPSA) is 62.5 Å². The molecular formula is C17H26N4O2. The third-order valence-corrected chi connectivity index (χ3v) is 3.91. The minimum absolute atomic E-state index is 0.150. The molecule has 0 atom stereocenters. The van der Waals surface area contributed by atoms with Crippen LogP contribution >= 0.6 is 0 Å². The van der Waals surface area contributed by atoms with Gasteiger partial charge in [-0.2, -0.15) is 5.10 Å². The van der Waals surface area contributed by atoms with Crippen LogP contribution in [0.1, 0.15) is 18.2 Å². The van der Waals surface area contributed by atoms with Crippen molar-refractivity contribution in [3.8, 4) is 5.88 Å². The summed E-state index contributed by atoms with van der Waals surface area (Å²) >= 11 is 0. The van der Waals surface area contributed by atoms with Crippen molar-refractivity contribution >= 4 is 11.4 Å². The molecule has 1 heterocycles. The first kappa shape index (κ1) is 17.1. The summed E-state index contributed by atoms with van der Waals surface area (Å²) in [7, 11) is 5.53. The van der Waals surface area contributed by atoms with Gasteiger partial charge in [0.2, 0.25) is 5.88 Å². The minimum atomic E-state index is 0.150. The molecular weight excluding hydrogens is 292 g/mol. The highest BCUT2D eigenvalue weighted by Crippen LogP contribution is 2.24. The highest BCUT2D eigenvalue weighted by Gasteiger charge is 2.15. The van der Waals surface area contributed by atoms with Crippen molar-refractivity contribution in [2.45, 2.75) is 19.9 Å². The van der Waals surface area contributed by atoms with E-state index in [0.717, 1.165) is 34.9 Å². The van der Waals surface area contributed by atoms with Crippen LogP contribution < -0.4 is 15.0 Å². The second kappa shape index (κ2) is 7.87. The fraction of sp³-hybridized carbons (Fsp3) is 0.471. The Hall–Kier alpha value is -2.21. The molecule has 1 aromatic heterocycles. The number of aromatic nitrogens is 2. The molecule has 0 saturated heterocycles. The van der Waals surface area contributed by atoms with Gasteiger partial charge in [-0.3, -0.25) is 0 Å². The molecule has 6 nitrogen and oxygen atoms in total. The van der Waals surface area contributed by atoms with Gasteiger partial charge < -0.3 is 20.1 Å². The van der Waals surface area contributed by atoms with Gasteiger partial charge in [-0.1, -0.05) is 6.92 Å². The maximum absolute atomic E-state index is 8.99. The first-order valence-corrected chi connectivity index (χ1v) is 7.85. The molecule has 0 fully saturated rings. The van der Waals surface area contributed by atoms with Crippen molar-refractivity contribution in [1.82, 2.24) is 9.78 Å². The Bertz CT molecular complexity index is 622. The molecule has 0 unspecified atom stereocenters. The zero-order valence-corrected chi connectivity index (χ0v) is 14.3. The van der Waals surface area contributed by atoms with E-state index in [1.54, 1.807) is 11.8 Å². The summed E-state index contributed by atoms with van der Waals surface area (Å²) in [6.07, 6.45) is 0.874. The number of hydrogen-bond donors (Lipinski definition) is 2. The van der Waals surface area contributed by atoms with Crippen molar-refractivity contribution in [3.05, 3.63) is 35.5 Å². The van der Waals surface area contributed by atoms with Crippen LogP contribution in [0.15, 0.2) is 24.3 Å². The van der Waals surface area contributed by atoms with E-state index in [9.17, 15) is 0 Å². The molecule has 126 valence electrons. The van der Waals surface area contributed by atoms with Crippen LogP contribution in [-0.4, -0.2) is 42.2 Å². The number of ether oxygens (including phenoxy) is 1. The van der Waals surface area contributed by atoms with E-state index < -0.39 is 0 Å². The number of methoxy groups -OCH3 is 1. The summed E-state index contributed by atoms with van der Waals surface area (Å²) in [6.45, 7) is 3.54. The molecule has 0 aliphatic carbocycles. The molecule has 0 amide bonds. The fourth-order valence-corrected chi connectivity index (χ4v) is 2.63. The summed E-state index contributed by atoms with van der Waals surface area (Å²) in [4.78, 5) is 2.02. The lowest BCUT2D eigenvalue weighted by Crippen LogP contribution is -2.20. The van der Waals surface area contributed by atoms with Crippen LogP contribution in [0, 0.1) is 0 Å². The molecule has 2 N–H and O–H groups in total. The maximum Gasteiger partial charge on any atom is 0.216 e. The highest BCUT2D eigenvalue weighted by atomic mass is 16.5. The number of nitrogens with one attached hydrogen (secondary N) is 1.